The van der Waals surface area contributed by atoms with Crippen molar-refractivity contribution in [1.82, 2.24) is 4.98 Å². The van der Waals surface area contributed by atoms with Crippen molar-refractivity contribution < 1.29 is 0 Å². The van der Waals surface area contributed by atoms with Crippen LogP contribution in [-0.2, 0) is 0 Å². The van der Waals surface area contributed by atoms with E-state index in [9.17, 15) is 0 Å². The van der Waals surface area contributed by atoms with Crippen molar-refractivity contribution >= 4 is 17.4 Å². The van der Waals surface area contributed by atoms with E-state index in [1.54, 1.807) is 12.1 Å². The lowest BCUT2D eigenvalue weighted by Crippen LogP contribution is -2.13. The van der Waals surface area contributed by atoms with E-state index >= 15 is 0 Å². The Balaban J connectivity index is 2.61. The van der Waals surface area contributed by atoms with Crippen molar-refractivity contribution in [1.29, 1.82) is 5.26 Å². The summed E-state index contributed by atoms with van der Waals surface area (Å²) in [5, 5.41) is 12.3. The van der Waals surface area contributed by atoms with Gasteiger partial charge in [-0.1, -0.05) is 32.4 Å². The van der Waals surface area contributed by atoms with Gasteiger partial charge in [0.25, 0.3) is 0 Å². The minimum atomic E-state index is 0.281. The highest BCUT2D eigenvalue weighted by atomic mass is 35.5. The molecule has 1 rings (SSSR count). The van der Waals surface area contributed by atoms with Crippen LogP contribution in [0.5, 0.6) is 0 Å². The zero-order valence-electron chi connectivity index (χ0n) is 9.84. The Morgan fingerprint density at radius 2 is 2.12 bits per heavy atom. The van der Waals surface area contributed by atoms with E-state index in [2.05, 4.69) is 37.1 Å². The number of anilines is 1. The molecule has 1 heterocycles. The van der Waals surface area contributed by atoms with Crippen molar-refractivity contribution in [2.45, 2.75) is 27.2 Å². The Bertz CT molecular complexity index is 402. The normalized spacial score (nSPS) is 10.9. The molecule has 0 saturated carbocycles. The predicted octanol–water partition coefficient (Wildman–Crippen LogP) is 3.45. The third-order valence-corrected chi connectivity index (χ3v) is 2.30. The third-order valence-electron chi connectivity index (χ3n) is 2.10. The number of hydrogen-bond acceptors (Lipinski definition) is 3. The molecule has 4 heteroatoms. The lowest BCUT2D eigenvalue weighted by molar-refractivity contribution is 0.389. The van der Waals surface area contributed by atoms with E-state index in [0.29, 0.717) is 16.5 Å². The van der Waals surface area contributed by atoms with Gasteiger partial charge in [0.15, 0.2) is 0 Å². The van der Waals surface area contributed by atoms with Crippen LogP contribution in [0.1, 0.15) is 32.8 Å². The summed E-state index contributed by atoms with van der Waals surface area (Å²) >= 11 is 5.80. The monoisotopic (exact) mass is 237 g/mol. The fourth-order valence-corrected chi connectivity index (χ4v) is 1.43. The second kappa shape index (κ2) is 5.18. The molecule has 0 bridgehead atoms. The van der Waals surface area contributed by atoms with Crippen molar-refractivity contribution in [3.63, 3.8) is 0 Å². The maximum atomic E-state index is 8.78. The summed E-state index contributed by atoms with van der Waals surface area (Å²) in [6.07, 6.45) is 1.03. The summed E-state index contributed by atoms with van der Waals surface area (Å²) < 4.78 is 0. The van der Waals surface area contributed by atoms with Crippen LogP contribution in [0.4, 0.5) is 5.82 Å². The average molecular weight is 238 g/mol. The fourth-order valence-electron chi connectivity index (χ4n) is 1.22. The van der Waals surface area contributed by atoms with Crippen LogP contribution < -0.4 is 5.32 Å². The van der Waals surface area contributed by atoms with Gasteiger partial charge in [-0.3, -0.25) is 0 Å². The van der Waals surface area contributed by atoms with Crippen molar-refractivity contribution in [2.75, 3.05) is 11.9 Å². The van der Waals surface area contributed by atoms with Crippen LogP contribution in [0.25, 0.3) is 0 Å². The molecule has 0 unspecified atom stereocenters. The first-order valence-electron chi connectivity index (χ1n) is 5.22. The van der Waals surface area contributed by atoms with E-state index in [0.717, 1.165) is 13.0 Å². The minimum absolute atomic E-state index is 0.281. The van der Waals surface area contributed by atoms with Crippen LogP contribution in [0, 0.1) is 16.7 Å². The number of hydrogen-bond donors (Lipinski definition) is 1. The van der Waals surface area contributed by atoms with E-state index in [-0.39, 0.29) is 5.41 Å². The molecular formula is C12H16ClN3. The second-order valence-corrected chi connectivity index (χ2v) is 5.30. The predicted molar refractivity (Wildman–Crippen MR) is 66.5 cm³/mol. The Kier molecular flexibility index (Phi) is 4.14. The molecular weight excluding hydrogens is 222 g/mol. The van der Waals surface area contributed by atoms with E-state index in [4.69, 9.17) is 16.9 Å². The number of nitrogens with zero attached hydrogens (tertiary/aromatic N) is 2. The smallest absolute Gasteiger partial charge is 0.132 e. The van der Waals surface area contributed by atoms with Gasteiger partial charge in [-0.25, -0.2) is 4.98 Å². The van der Waals surface area contributed by atoms with Gasteiger partial charge in [-0.15, -0.1) is 0 Å². The molecule has 0 aromatic carbocycles. The van der Waals surface area contributed by atoms with Gasteiger partial charge in [0, 0.05) is 6.54 Å². The summed E-state index contributed by atoms with van der Waals surface area (Å²) in [4.78, 5) is 4.10. The number of nitriles is 1. The van der Waals surface area contributed by atoms with Crippen LogP contribution in [0.2, 0.25) is 5.15 Å². The highest BCUT2D eigenvalue weighted by Gasteiger charge is 2.09. The Morgan fingerprint density at radius 3 is 2.69 bits per heavy atom. The number of halogens is 1. The number of rotatable bonds is 3. The van der Waals surface area contributed by atoms with Crippen LogP contribution in [0.3, 0.4) is 0 Å². The maximum Gasteiger partial charge on any atom is 0.132 e. The zero-order valence-corrected chi connectivity index (χ0v) is 10.6. The molecule has 86 valence electrons. The highest BCUT2D eigenvalue weighted by molar-refractivity contribution is 6.29. The Morgan fingerprint density at radius 1 is 1.44 bits per heavy atom. The fraction of sp³-hybridized carbons (Fsp3) is 0.500. The third kappa shape index (κ3) is 4.50. The average Bonchev–Trinajstić information content (AvgIpc) is 2.14. The van der Waals surface area contributed by atoms with E-state index < -0.39 is 0 Å². The molecule has 0 atom stereocenters. The molecule has 0 aliphatic rings. The first-order valence-corrected chi connectivity index (χ1v) is 5.60. The second-order valence-electron chi connectivity index (χ2n) is 4.91. The zero-order chi connectivity index (χ0) is 12.2. The minimum Gasteiger partial charge on any atom is -0.370 e. The Hall–Kier alpha value is -1.27. The van der Waals surface area contributed by atoms with Crippen molar-refractivity contribution in [3.8, 4) is 6.07 Å². The molecule has 3 nitrogen and oxygen atoms in total. The first kappa shape index (κ1) is 12.8. The molecule has 0 radical (unpaired) electrons. The topological polar surface area (TPSA) is 48.7 Å². The quantitative estimate of drug-likeness (QED) is 0.820. The molecule has 0 amide bonds. The van der Waals surface area contributed by atoms with Crippen molar-refractivity contribution in [2.24, 2.45) is 5.41 Å². The van der Waals surface area contributed by atoms with Gasteiger partial charge in [0.1, 0.15) is 11.0 Å². The maximum absolute atomic E-state index is 8.78. The van der Waals surface area contributed by atoms with E-state index in [1.807, 2.05) is 0 Å². The molecule has 0 aliphatic carbocycles. The van der Waals surface area contributed by atoms with Crippen LogP contribution in [-0.4, -0.2) is 11.5 Å². The SMILES string of the molecule is CC(C)(C)CCNc1cc(C#N)cc(Cl)n1. The van der Waals surface area contributed by atoms with E-state index in [1.165, 1.54) is 0 Å². The standard InChI is InChI=1S/C12H16ClN3/c1-12(2,3)4-5-15-11-7-9(8-14)6-10(13)16-11/h6-7H,4-5H2,1-3H3,(H,15,16). The first-order chi connectivity index (χ1) is 7.40. The largest absolute Gasteiger partial charge is 0.370 e. The van der Waals surface area contributed by atoms with Crippen LogP contribution in [0.15, 0.2) is 12.1 Å². The molecule has 1 N–H and O–H groups in total. The summed E-state index contributed by atoms with van der Waals surface area (Å²) in [6, 6.07) is 5.31. The molecule has 1 aromatic heterocycles. The van der Waals surface area contributed by atoms with Gasteiger partial charge in [0.05, 0.1) is 11.6 Å². The Labute approximate surface area is 101 Å². The van der Waals surface area contributed by atoms with Gasteiger partial charge in [-0.2, -0.15) is 5.26 Å². The molecule has 0 saturated heterocycles. The van der Waals surface area contributed by atoms with Gasteiger partial charge in [0.2, 0.25) is 0 Å². The molecule has 1 aromatic rings. The van der Waals surface area contributed by atoms with Gasteiger partial charge in [-0.05, 0) is 24.0 Å². The summed E-state index contributed by atoms with van der Waals surface area (Å²) in [7, 11) is 0. The number of nitrogens with one attached hydrogen (secondary N) is 1. The number of pyridine rings is 1. The van der Waals surface area contributed by atoms with Crippen molar-refractivity contribution in [3.05, 3.63) is 22.8 Å². The summed E-state index contributed by atoms with van der Waals surface area (Å²) in [5.41, 5.74) is 0.808. The lowest BCUT2D eigenvalue weighted by atomic mass is 9.92. The molecule has 0 spiro atoms. The van der Waals surface area contributed by atoms with Gasteiger partial charge < -0.3 is 5.32 Å². The molecule has 16 heavy (non-hydrogen) atoms. The highest BCUT2D eigenvalue weighted by Crippen LogP contribution is 2.19. The lowest BCUT2D eigenvalue weighted by Gasteiger charge is -2.18. The molecule has 0 fully saturated rings. The summed E-state index contributed by atoms with van der Waals surface area (Å²) in [6.45, 7) is 7.37. The molecule has 0 aliphatic heterocycles. The van der Waals surface area contributed by atoms with Crippen LogP contribution >= 0.6 is 11.6 Å². The summed E-state index contributed by atoms with van der Waals surface area (Å²) in [5.74, 6) is 0.660. The number of aromatic nitrogens is 1. The van der Waals surface area contributed by atoms with Gasteiger partial charge >= 0.3 is 0 Å².